The van der Waals surface area contributed by atoms with Gasteiger partial charge in [0.2, 0.25) is 0 Å². The van der Waals surface area contributed by atoms with E-state index in [0.717, 1.165) is 49.1 Å². The van der Waals surface area contributed by atoms with E-state index in [2.05, 4.69) is 16.8 Å². The first-order valence-corrected chi connectivity index (χ1v) is 9.82. The molecule has 0 bridgehead atoms. The molecule has 4 rings (SSSR count). The van der Waals surface area contributed by atoms with Gasteiger partial charge in [-0.3, -0.25) is 4.98 Å². The smallest absolute Gasteiger partial charge is 0.161 e. The minimum atomic E-state index is 0.560. The normalized spacial score (nSPS) is 21.8. The molecule has 0 amide bonds. The van der Waals surface area contributed by atoms with Crippen LogP contribution < -0.4 is 4.90 Å². The molecule has 5 nitrogen and oxygen atoms in total. The van der Waals surface area contributed by atoms with E-state index in [1.54, 1.807) is 7.11 Å². The first-order chi connectivity index (χ1) is 12.8. The third-order valence-corrected chi connectivity index (χ3v) is 5.77. The molecule has 2 aromatic heterocycles. The van der Waals surface area contributed by atoms with Gasteiger partial charge >= 0.3 is 0 Å². The molecule has 2 unspecified atom stereocenters. The van der Waals surface area contributed by atoms with Gasteiger partial charge in [0.15, 0.2) is 5.82 Å². The quantitative estimate of drug-likeness (QED) is 0.794. The predicted octanol–water partition coefficient (Wildman–Crippen LogP) is 3.67. The highest BCUT2D eigenvalue weighted by atomic mass is 16.5. The molecule has 2 aromatic rings. The Kier molecular flexibility index (Phi) is 5.16. The summed E-state index contributed by atoms with van der Waals surface area (Å²) in [6.45, 7) is 3.99. The number of nitrogens with zero attached hydrogens (tertiary/aromatic N) is 4. The molecule has 5 heteroatoms. The monoisotopic (exact) mass is 352 g/mol. The predicted molar refractivity (Wildman–Crippen MR) is 103 cm³/mol. The van der Waals surface area contributed by atoms with Crippen LogP contribution in [0.2, 0.25) is 0 Å². The average Bonchev–Trinajstić information content (AvgIpc) is 3.31. The summed E-state index contributed by atoms with van der Waals surface area (Å²) in [6, 6.07) is 4.56. The van der Waals surface area contributed by atoms with Gasteiger partial charge in [0.1, 0.15) is 5.82 Å². The van der Waals surface area contributed by atoms with Gasteiger partial charge in [-0.25, -0.2) is 9.97 Å². The van der Waals surface area contributed by atoms with E-state index in [0.29, 0.717) is 6.04 Å². The van der Waals surface area contributed by atoms with Gasteiger partial charge in [-0.1, -0.05) is 6.92 Å². The summed E-state index contributed by atoms with van der Waals surface area (Å²) < 4.78 is 5.42. The fourth-order valence-corrected chi connectivity index (χ4v) is 4.39. The lowest BCUT2D eigenvalue weighted by molar-refractivity contribution is 0.202. The van der Waals surface area contributed by atoms with Crippen LogP contribution in [-0.4, -0.2) is 41.3 Å². The molecule has 2 aliphatic rings. The number of aryl methyl sites for hydroxylation is 1. The van der Waals surface area contributed by atoms with E-state index >= 15 is 0 Å². The molecule has 0 radical (unpaired) electrons. The Balaban J connectivity index is 1.76. The maximum absolute atomic E-state index is 5.42. The Morgan fingerprint density at radius 2 is 2.00 bits per heavy atom. The van der Waals surface area contributed by atoms with E-state index in [-0.39, 0.29) is 0 Å². The molecular formula is C21H28N4O. The molecule has 1 saturated carbocycles. The standard InChI is InChI=1S/C21H28N4O/c1-15-6-7-17(14-15)25(12-13-26-2)21-18-4-3-5-19(18)23-20(24-21)16-8-10-22-11-9-16/h8-11,15,17H,3-7,12-14H2,1-2H3. The maximum atomic E-state index is 5.42. The lowest BCUT2D eigenvalue weighted by atomic mass is 10.1. The number of anilines is 1. The van der Waals surface area contributed by atoms with Crippen molar-refractivity contribution in [3.8, 4) is 11.4 Å². The zero-order chi connectivity index (χ0) is 17.9. The maximum Gasteiger partial charge on any atom is 0.161 e. The lowest BCUT2D eigenvalue weighted by Gasteiger charge is -2.32. The van der Waals surface area contributed by atoms with Crippen LogP contribution in [0.3, 0.4) is 0 Å². The minimum Gasteiger partial charge on any atom is -0.383 e. The summed E-state index contributed by atoms with van der Waals surface area (Å²) in [5, 5.41) is 0. The molecule has 0 saturated heterocycles. The first-order valence-electron chi connectivity index (χ1n) is 9.82. The van der Waals surface area contributed by atoms with Crippen molar-refractivity contribution in [1.82, 2.24) is 15.0 Å². The average molecular weight is 352 g/mol. The summed E-state index contributed by atoms with van der Waals surface area (Å²) in [7, 11) is 1.78. The van der Waals surface area contributed by atoms with Crippen LogP contribution in [0.4, 0.5) is 5.82 Å². The van der Waals surface area contributed by atoms with Crippen molar-refractivity contribution >= 4 is 5.82 Å². The van der Waals surface area contributed by atoms with Crippen LogP contribution in [-0.2, 0) is 17.6 Å². The molecule has 26 heavy (non-hydrogen) atoms. The number of ether oxygens (including phenoxy) is 1. The number of rotatable bonds is 6. The second-order valence-electron chi connectivity index (χ2n) is 7.64. The SMILES string of the molecule is COCCN(c1nc(-c2ccncc2)nc2c1CCC2)C1CCC(C)C1. The largest absolute Gasteiger partial charge is 0.383 e. The molecule has 0 spiro atoms. The molecule has 0 N–H and O–H groups in total. The van der Waals surface area contributed by atoms with E-state index < -0.39 is 0 Å². The zero-order valence-electron chi connectivity index (χ0n) is 15.8. The van der Waals surface area contributed by atoms with Crippen molar-refractivity contribution < 1.29 is 4.74 Å². The van der Waals surface area contributed by atoms with Crippen LogP contribution >= 0.6 is 0 Å². The van der Waals surface area contributed by atoms with Gasteiger partial charge in [-0.15, -0.1) is 0 Å². The molecule has 2 atom stereocenters. The molecule has 1 fully saturated rings. The fraction of sp³-hybridized carbons (Fsp3) is 0.571. The van der Waals surface area contributed by atoms with Gasteiger partial charge in [-0.2, -0.15) is 0 Å². The van der Waals surface area contributed by atoms with Crippen LogP contribution in [0.5, 0.6) is 0 Å². The first kappa shape index (κ1) is 17.4. The van der Waals surface area contributed by atoms with Crippen LogP contribution in [0.15, 0.2) is 24.5 Å². The minimum absolute atomic E-state index is 0.560. The molecule has 2 heterocycles. The summed E-state index contributed by atoms with van der Waals surface area (Å²) >= 11 is 0. The third-order valence-electron chi connectivity index (χ3n) is 5.77. The number of aromatic nitrogens is 3. The van der Waals surface area contributed by atoms with Crippen molar-refractivity contribution in [2.24, 2.45) is 5.92 Å². The number of fused-ring (bicyclic) bond motifs is 1. The van der Waals surface area contributed by atoms with Gasteiger partial charge < -0.3 is 9.64 Å². The van der Waals surface area contributed by atoms with Crippen molar-refractivity contribution in [1.29, 1.82) is 0 Å². The molecular weight excluding hydrogens is 324 g/mol. The number of methoxy groups -OCH3 is 1. The van der Waals surface area contributed by atoms with Crippen molar-refractivity contribution in [3.05, 3.63) is 35.8 Å². The van der Waals surface area contributed by atoms with Crippen molar-refractivity contribution in [2.45, 2.75) is 51.5 Å². The highest BCUT2D eigenvalue weighted by Gasteiger charge is 2.31. The molecule has 0 aliphatic heterocycles. The van der Waals surface area contributed by atoms with Crippen molar-refractivity contribution in [2.75, 3.05) is 25.2 Å². The Labute approximate surface area is 155 Å². The van der Waals surface area contributed by atoms with Crippen LogP contribution in [0, 0.1) is 5.92 Å². The summed E-state index contributed by atoms with van der Waals surface area (Å²) in [5.41, 5.74) is 3.64. The van der Waals surface area contributed by atoms with E-state index in [4.69, 9.17) is 14.7 Å². The highest BCUT2D eigenvalue weighted by Crippen LogP contribution is 2.36. The van der Waals surface area contributed by atoms with Crippen LogP contribution in [0.1, 0.15) is 43.9 Å². The summed E-state index contributed by atoms with van der Waals surface area (Å²) in [5.74, 6) is 2.77. The highest BCUT2D eigenvalue weighted by molar-refractivity contribution is 5.61. The fourth-order valence-electron chi connectivity index (χ4n) is 4.39. The Morgan fingerprint density at radius 3 is 2.73 bits per heavy atom. The van der Waals surface area contributed by atoms with Crippen molar-refractivity contribution in [3.63, 3.8) is 0 Å². The van der Waals surface area contributed by atoms with E-state index in [1.807, 2.05) is 24.5 Å². The van der Waals surface area contributed by atoms with Gasteiger partial charge in [-0.05, 0) is 56.6 Å². The second-order valence-corrected chi connectivity index (χ2v) is 7.64. The van der Waals surface area contributed by atoms with Gasteiger partial charge in [0.25, 0.3) is 0 Å². The lowest BCUT2D eigenvalue weighted by Crippen LogP contribution is -2.38. The Morgan fingerprint density at radius 1 is 1.15 bits per heavy atom. The molecule has 2 aliphatic carbocycles. The number of hydrogen-bond acceptors (Lipinski definition) is 5. The second kappa shape index (κ2) is 7.70. The third kappa shape index (κ3) is 3.45. The van der Waals surface area contributed by atoms with Gasteiger partial charge in [0, 0.05) is 48.9 Å². The van der Waals surface area contributed by atoms with E-state index in [9.17, 15) is 0 Å². The Hall–Kier alpha value is -2.01. The van der Waals surface area contributed by atoms with Crippen LogP contribution in [0.25, 0.3) is 11.4 Å². The van der Waals surface area contributed by atoms with Gasteiger partial charge in [0.05, 0.1) is 6.61 Å². The Bertz CT molecular complexity index is 749. The number of hydrogen-bond donors (Lipinski definition) is 0. The van der Waals surface area contributed by atoms with E-state index in [1.165, 1.54) is 36.9 Å². The summed E-state index contributed by atoms with van der Waals surface area (Å²) in [6.07, 6.45) is 10.7. The topological polar surface area (TPSA) is 51.1 Å². The molecule has 0 aromatic carbocycles. The zero-order valence-corrected chi connectivity index (χ0v) is 15.8. The number of pyridine rings is 1. The molecule has 138 valence electrons. The summed E-state index contributed by atoms with van der Waals surface area (Å²) in [4.78, 5) is 16.6.